The highest BCUT2D eigenvalue weighted by molar-refractivity contribution is 7.92. The maximum atomic E-state index is 11.7. The van der Waals surface area contributed by atoms with E-state index in [4.69, 9.17) is 0 Å². The topological polar surface area (TPSA) is 34.1 Å². The molecule has 0 aromatic carbocycles. The van der Waals surface area contributed by atoms with E-state index in [1.807, 2.05) is 34.6 Å². The van der Waals surface area contributed by atoms with Gasteiger partial charge in [0.1, 0.15) is 0 Å². The molecule has 0 aromatic rings. The zero-order valence-electron chi connectivity index (χ0n) is 8.46. The number of hydrogen-bond donors (Lipinski definition) is 0. The summed E-state index contributed by atoms with van der Waals surface area (Å²) in [6, 6.07) is 0. The molecule has 3 unspecified atom stereocenters. The highest BCUT2D eigenvalue weighted by atomic mass is 32.2. The number of rotatable bonds is 0. The zero-order chi connectivity index (χ0) is 9.73. The van der Waals surface area contributed by atoms with Crippen LogP contribution in [0.5, 0.6) is 0 Å². The second-order valence-electron chi connectivity index (χ2n) is 4.55. The lowest BCUT2D eigenvalue weighted by atomic mass is 9.77. The minimum Gasteiger partial charge on any atom is -0.228 e. The van der Waals surface area contributed by atoms with E-state index >= 15 is 0 Å². The molecule has 0 N–H and O–H groups in total. The second kappa shape index (κ2) is 2.47. The summed E-state index contributed by atoms with van der Waals surface area (Å²) in [5.41, 5.74) is -0.0712. The standard InChI is InChI=1S/C9H18O2S/c1-6-7(2)12(10,11)8(3)9(6,4)5/h6-8H,1-5H3. The first-order valence-electron chi connectivity index (χ1n) is 4.45. The van der Waals surface area contributed by atoms with Crippen LogP contribution in [0.25, 0.3) is 0 Å². The predicted molar refractivity (Wildman–Crippen MR) is 50.8 cm³/mol. The van der Waals surface area contributed by atoms with Crippen molar-refractivity contribution in [2.24, 2.45) is 11.3 Å². The normalized spacial score (nSPS) is 44.6. The van der Waals surface area contributed by atoms with Crippen molar-refractivity contribution in [1.82, 2.24) is 0 Å². The molecule has 2 nitrogen and oxygen atoms in total. The maximum absolute atomic E-state index is 11.7. The molecule has 0 bridgehead atoms. The van der Waals surface area contributed by atoms with Gasteiger partial charge in [-0.05, 0) is 25.2 Å². The molecule has 1 fully saturated rings. The lowest BCUT2D eigenvalue weighted by molar-refractivity contribution is 0.252. The fourth-order valence-corrected chi connectivity index (χ4v) is 4.63. The van der Waals surface area contributed by atoms with Crippen molar-refractivity contribution in [1.29, 1.82) is 0 Å². The molecule has 0 spiro atoms. The van der Waals surface area contributed by atoms with Gasteiger partial charge in [-0.1, -0.05) is 20.8 Å². The summed E-state index contributed by atoms with van der Waals surface area (Å²) in [6.45, 7) is 9.78. The van der Waals surface area contributed by atoms with Gasteiger partial charge >= 0.3 is 0 Å². The van der Waals surface area contributed by atoms with Gasteiger partial charge in [0.15, 0.2) is 9.84 Å². The first-order valence-corrected chi connectivity index (χ1v) is 6.06. The molecule has 1 aliphatic rings. The third-order valence-corrected chi connectivity index (χ3v) is 6.97. The summed E-state index contributed by atoms with van der Waals surface area (Å²) in [5.74, 6) is 0.262. The van der Waals surface area contributed by atoms with E-state index in [-0.39, 0.29) is 21.8 Å². The van der Waals surface area contributed by atoms with E-state index in [9.17, 15) is 8.42 Å². The number of hydrogen-bond acceptors (Lipinski definition) is 2. The van der Waals surface area contributed by atoms with Crippen molar-refractivity contribution in [3.05, 3.63) is 0 Å². The summed E-state index contributed by atoms with van der Waals surface area (Å²) in [5, 5.41) is -0.377. The molecule has 3 heteroatoms. The molecule has 0 amide bonds. The number of sulfone groups is 1. The van der Waals surface area contributed by atoms with Crippen LogP contribution in [0.2, 0.25) is 0 Å². The van der Waals surface area contributed by atoms with Crippen LogP contribution in [-0.2, 0) is 9.84 Å². The highest BCUT2D eigenvalue weighted by Gasteiger charge is 2.52. The van der Waals surface area contributed by atoms with Crippen LogP contribution in [0.1, 0.15) is 34.6 Å². The van der Waals surface area contributed by atoms with Gasteiger partial charge in [0, 0.05) is 0 Å². The molecule has 72 valence electrons. The van der Waals surface area contributed by atoms with E-state index in [0.717, 1.165) is 0 Å². The van der Waals surface area contributed by atoms with Gasteiger partial charge in [-0.3, -0.25) is 0 Å². The fraction of sp³-hybridized carbons (Fsp3) is 1.00. The Morgan fingerprint density at radius 1 is 1.08 bits per heavy atom. The van der Waals surface area contributed by atoms with Gasteiger partial charge in [0.05, 0.1) is 10.5 Å². The van der Waals surface area contributed by atoms with Crippen molar-refractivity contribution < 1.29 is 8.42 Å². The lowest BCUT2D eigenvalue weighted by Crippen LogP contribution is -2.28. The van der Waals surface area contributed by atoms with Crippen LogP contribution < -0.4 is 0 Å². The molecule has 1 heterocycles. The van der Waals surface area contributed by atoms with Crippen LogP contribution in [0, 0.1) is 11.3 Å². The molecule has 0 saturated carbocycles. The highest BCUT2D eigenvalue weighted by Crippen LogP contribution is 2.46. The van der Waals surface area contributed by atoms with Crippen LogP contribution in [0.15, 0.2) is 0 Å². The van der Waals surface area contributed by atoms with Crippen LogP contribution >= 0.6 is 0 Å². The first-order chi connectivity index (χ1) is 5.22. The fourth-order valence-electron chi connectivity index (χ4n) is 2.01. The second-order valence-corrected chi connectivity index (χ2v) is 7.18. The third-order valence-electron chi connectivity index (χ3n) is 3.94. The zero-order valence-corrected chi connectivity index (χ0v) is 9.27. The van der Waals surface area contributed by atoms with E-state index in [1.54, 1.807) is 0 Å². The van der Waals surface area contributed by atoms with Crippen molar-refractivity contribution >= 4 is 9.84 Å². The minimum atomic E-state index is -2.86. The Balaban J connectivity index is 3.21. The first kappa shape index (κ1) is 10.0. The average Bonchev–Trinajstić information content (AvgIpc) is 2.06. The third kappa shape index (κ3) is 1.02. The van der Waals surface area contributed by atoms with E-state index in [0.29, 0.717) is 0 Å². The van der Waals surface area contributed by atoms with Gasteiger partial charge in [0.2, 0.25) is 0 Å². The Kier molecular flexibility index (Phi) is 2.07. The molecule has 12 heavy (non-hydrogen) atoms. The van der Waals surface area contributed by atoms with Crippen molar-refractivity contribution in [3.63, 3.8) is 0 Å². The molecule has 1 aliphatic heterocycles. The molecule has 0 aromatic heterocycles. The largest absolute Gasteiger partial charge is 0.228 e. The lowest BCUT2D eigenvalue weighted by Gasteiger charge is -2.26. The predicted octanol–water partition coefficient (Wildman–Crippen LogP) is 1.85. The van der Waals surface area contributed by atoms with E-state index in [1.165, 1.54) is 0 Å². The van der Waals surface area contributed by atoms with Crippen LogP contribution in [0.4, 0.5) is 0 Å². The Bertz CT molecular complexity index is 277. The Morgan fingerprint density at radius 3 is 1.58 bits per heavy atom. The SMILES string of the molecule is CC1C(C)S(=O)(=O)C(C)C1(C)C. The maximum Gasteiger partial charge on any atom is 0.156 e. The summed E-state index contributed by atoms with van der Waals surface area (Å²) in [4.78, 5) is 0. The van der Waals surface area contributed by atoms with Crippen molar-refractivity contribution in [2.75, 3.05) is 0 Å². The molecule has 1 saturated heterocycles. The van der Waals surface area contributed by atoms with Gasteiger partial charge in [-0.25, -0.2) is 8.42 Å². The van der Waals surface area contributed by atoms with Crippen molar-refractivity contribution in [3.8, 4) is 0 Å². The van der Waals surface area contributed by atoms with Gasteiger partial charge in [-0.15, -0.1) is 0 Å². The minimum absolute atomic E-state index is 0.0712. The Labute approximate surface area is 75.3 Å². The average molecular weight is 190 g/mol. The van der Waals surface area contributed by atoms with Gasteiger partial charge in [-0.2, -0.15) is 0 Å². The summed E-state index contributed by atoms with van der Waals surface area (Å²) >= 11 is 0. The quantitative estimate of drug-likeness (QED) is 0.584. The van der Waals surface area contributed by atoms with E-state index in [2.05, 4.69) is 0 Å². The molecule has 3 atom stereocenters. The van der Waals surface area contributed by atoms with Crippen LogP contribution in [-0.4, -0.2) is 18.9 Å². The molecule has 0 radical (unpaired) electrons. The molecular weight excluding hydrogens is 172 g/mol. The van der Waals surface area contributed by atoms with Crippen LogP contribution in [0.3, 0.4) is 0 Å². The molecule has 0 aliphatic carbocycles. The summed E-state index contributed by atoms with van der Waals surface area (Å²) in [7, 11) is -2.86. The molecule has 1 rings (SSSR count). The van der Waals surface area contributed by atoms with Crippen molar-refractivity contribution in [2.45, 2.75) is 45.1 Å². The summed E-state index contributed by atoms with van der Waals surface area (Å²) < 4.78 is 23.4. The van der Waals surface area contributed by atoms with Gasteiger partial charge in [0.25, 0.3) is 0 Å². The molecular formula is C9H18O2S. The van der Waals surface area contributed by atoms with Gasteiger partial charge < -0.3 is 0 Å². The Morgan fingerprint density at radius 2 is 1.50 bits per heavy atom. The Hall–Kier alpha value is -0.0500. The summed E-state index contributed by atoms with van der Waals surface area (Å²) in [6.07, 6.45) is 0. The van der Waals surface area contributed by atoms with E-state index < -0.39 is 9.84 Å². The smallest absolute Gasteiger partial charge is 0.156 e. The monoisotopic (exact) mass is 190 g/mol.